The summed E-state index contributed by atoms with van der Waals surface area (Å²) in [5.74, 6) is 0.207. The molecule has 0 atom stereocenters. The molecule has 3 nitrogen and oxygen atoms in total. The monoisotopic (exact) mass is 250 g/mol. The molecule has 0 bridgehead atoms. The van der Waals surface area contributed by atoms with Crippen LogP contribution in [-0.2, 0) is 4.79 Å². The summed E-state index contributed by atoms with van der Waals surface area (Å²) >= 11 is 1.69. The number of carbonyl (C=O) groups excluding carboxylic acids is 1. The first kappa shape index (κ1) is 12.3. The number of carbonyl (C=O) groups is 1. The first-order valence-corrected chi connectivity index (χ1v) is 7.18. The van der Waals surface area contributed by atoms with Crippen LogP contribution in [0.5, 0.6) is 0 Å². The van der Waals surface area contributed by atoms with E-state index in [1.54, 1.807) is 11.8 Å². The van der Waals surface area contributed by atoms with Gasteiger partial charge in [-0.1, -0.05) is 12.1 Å². The zero-order chi connectivity index (χ0) is 12.1. The molecule has 1 saturated heterocycles. The van der Waals surface area contributed by atoms with E-state index in [1.807, 2.05) is 29.4 Å². The second kappa shape index (κ2) is 5.96. The molecule has 92 valence electrons. The van der Waals surface area contributed by atoms with E-state index in [4.69, 9.17) is 0 Å². The van der Waals surface area contributed by atoms with E-state index in [1.165, 1.54) is 4.90 Å². The molecule has 0 saturated carbocycles. The van der Waals surface area contributed by atoms with Crippen molar-refractivity contribution in [3.05, 3.63) is 24.3 Å². The van der Waals surface area contributed by atoms with Crippen molar-refractivity contribution >= 4 is 23.4 Å². The summed E-state index contributed by atoms with van der Waals surface area (Å²) in [6.07, 6.45) is 4.34. The molecule has 1 aromatic carbocycles. The quantitative estimate of drug-likeness (QED) is 0.833. The Kier molecular flexibility index (Phi) is 4.31. The second-order valence-electron chi connectivity index (χ2n) is 4.14. The van der Waals surface area contributed by atoms with Crippen LogP contribution in [0, 0.1) is 0 Å². The second-order valence-corrected chi connectivity index (χ2v) is 4.99. The van der Waals surface area contributed by atoms with Crippen molar-refractivity contribution in [3.8, 4) is 0 Å². The van der Waals surface area contributed by atoms with E-state index >= 15 is 0 Å². The normalized spacial score (nSPS) is 15.0. The van der Waals surface area contributed by atoms with Crippen LogP contribution in [0.15, 0.2) is 29.2 Å². The molecule has 1 N–H and O–H groups in total. The fourth-order valence-electron chi connectivity index (χ4n) is 2.04. The Morgan fingerprint density at radius 3 is 2.76 bits per heavy atom. The standard InChI is InChI=1S/C13H18N2OS/c1-17-12-7-3-2-6-11(12)14-10-13(16)15-8-4-5-9-15/h2-3,6-7,14H,4-5,8-10H2,1H3. The van der Waals surface area contributed by atoms with Gasteiger partial charge in [0.2, 0.25) is 5.91 Å². The lowest BCUT2D eigenvalue weighted by Crippen LogP contribution is -2.33. The minimum Gasteiger partial charge on any atom is -0.375 e. The van der Waals surface area contributed by atoms with Gasteiger partial charge in [-0.3, -0.25) is 4.79 Å². The van der Waals surface area contributed by atoms with Gasteiger partial charge in [-0.2, -0.15) is 0 Å². The van der Waals surface area contributed by atoms with E-state index in [9.17, 15) is 4.79 Å². The van der Waals surface area contributed by atoms with Gasteiger partial charge in [0.1, 0.15) is 0 Å². The van der Waals surface area contributed by atoms with Crippen molar-refractivity contribution in [3.63, 3.8) is 0 Å². The summed E-state index contributed by atoms with van der Waals surface area (Å²) in [5.41, 5.74) is 1.05. The van der Waals surface area contributed by atoms with Crippen LogP contribution in [-0.4, -0.2) is 36.7 Å². The molecule has 1 amide bonds. The number of thioether (sulfide) groups is 1. The van der Waals surface area contributed by atoms with Gasteiger partial charge in [-0.25, -0.2) is 0 Å². The molecule has 0 aromatic heterocycles. The molecule has 0 unspecified atom stereocenters. The molecule has 0 radical (unpaired) electrons. The number of para-hydroxylation sites is 1. The zero-order valence-corrected chi connectivity index (χ0v) is 10.9. The molecule has 2 rings (SSSR count). The van der Waals surface area contributed by atoms with Crippen LogP contribution < -0.4 is 5.32 Å². The predicted molar refractivity (Wildman–Crippen MR) is 72.5 cm³/mol. The first-order valence-electron chi connectivity index (χ1n) is 5.96. The van der Waals surface area contributed by atoms with E-state index in [0.29, 0.717) is 6.54 Å². The number of amides is 1. The number of hydrogen-bond donors (Lipinski definition) is 1. The maximum Gasteiger partial charge on any atom is 0.241 e. The van der Waals surface area contributed by atoms with Crippen LogP contribution in [0.25, 0.3) is 0 Å². The van der Waals surface area contributed by atoms with Crippen molar-refractivity contribution in [2.45, 2.75) is 17.7 Å². The minimum absolute atomic E-state index is 0.207. The lowest BCUT2D eigenvalue weighted by Gasteiger charge is -2.16. The molecule has 4 heteroatoms. The Balaban J connectivity index is 1.90. The third-order valence-corrected chi connectivity index (χ3v) is 3.79. The Morgan fingerprint density at radius 1 is 1.35 bits per heavy atom. The number of benzene rings is 1. The summed E-state index contributed by atoms with van der Waals surface area (Å²) in [6.45, 7) is 2.24. The molecule has 1 aromatic rings. The largest absolute Gasteiger partial charge is 0.375 e. The number of nitrogens with one attached hydrogen (secondary N) is 1. The van der Waals surface area contributed by atoms with Gasteiger partial charge >= 0.3 is 0 Å². The van der Waals surface area contributed by atoms with Crippen molar-refractivity contribution in [1.82, 2.24) is 4.90 Å². The van der Waals surface area contributed by atoms with Crippen LogP contribution in [0.3, 0.4) is 0 Å². The van der Waals surface area contributed by atoms with Gasteiger partial charge in [0.15, 0.2) is 0 Å². The van der Waals surface area contributed by atoms with Gasteiger partial charge in [0.05, 0.1) is 6.54 Å². The SMILES string of the molecule is CSc1ccccc1NCC(=O)N1CCCC1. The zero-order valence-electron chi connectivity index (χ0n) is 10.1. The van der Waals surface area contributed by atoms with Crippen LogP contribution in [0.4, 0.5) is 5.69 Å². The van der Waals surface area contributed by atoms with Crippen LogP contribution in [0.1, 0.15) is 12.8 Å². The molecule has 1 aliphatic rings. The molecule has 1 fully saturated rings. The number of rotatable bonds is 4. The lowest BCUT2D eigenvalue weighted by molar-refractivity contribution is -0.128. The molecule has 17 heavy (non-hydrogen) atoms. The van der Waals surface area contributed by atoms with E-state index in [-0.39, 0.29) is 5.91 Å². The minimum atomic E-state index is 0.207. The van der Waals surface area contributed by atoms with E-state index in [0.717, 1.165) is 31.6 Å². The van der Waals surface area contributed by atoms with Gasteiger partial charge < -0.3 is 10.2 Å². The molecule has 0 spiro atoms. The highest BCUT2D eigenvalue weighted by Gasteiger charge is 2.17. The van der Waals surface area contributed by atoms with Crippen molar-refractivity contribution in [2.24, 2.45) is 0 Å². The summed E-state index contributed by atoms with van der Waals surface area (Å²) in [5, 5.41) is 3.23. The topological polar surface area (TPSA) is 32.3 Å². The maximum atomic E-state index is 11.9. The Morgan fingerprint density at radius 2 is 2.06 bits per heavy atom. The third kappa shape index (κ3) is 3.16. The lowest BCUT2D eigenvalue weighted by atomic mass is 10.3. The highest BCUT2D eigenvalue weighted by atomic mass is 32.2. The van der Waals surface area contributed by atoms with Gasteiger partial charge in [0, 0.05) is 23.7 Å². The highest BCUT2D eigenvalue weighted by Crippen LogP contribution is 2.24. The first-order chi connectivity index (χ1) is 8.31. The van der Waals surface area contributed by atoms with Crippen LogP contribution >= 0.6 is 11.8 Å². The van der Waals surface area contributed by atoms with Crippen molar-refractivity contribution < 1.29 is 4.79 Å². The summed E-state index contributed by atoms with van der Waals surface area (Å²) in [6, 6.07) is 8.08. The Bertz CT molecular complexity index is 389. The fraction of sp³-hybridized carbons (Fsp3) is 0.462. The average molecular weight is 250 g/mol. The van der Waals surface area contributed by atoms with Crippen molar-refractivity contribution in [1.29, 1.82) is 0 Å². The van der Waals surface area contributed by atoms with Crippen molar-refractivity contribution in [2.75, 3.05) is 31.2 Å². The average Bonchev–Trinajstić information content (AvgIpc) is 2.90. The fourth-order valence-corrected chi connectivity index (χ4v) is 2.61. The molecule has 1 heterocycles. The summed E-state index contributed by atoms with van der Waals surface area (Å²) in [7, 11) is 0. The number of likely N-dealkylation sites (tertiary alicyclic amines) is 1. The molecular formula is C13H18N2OS. The summed E-state index contributed by atoms with van der Waals surface area (Å²) in [4.78, 5) is 15.0. The highest BCUT2D eigenvalue weighted by molar-refractivity contribution is 7.98. The molecule has 0 aliphatic carbocycles. The van der Waals surface area contributed by atoms with Gasteiger partial charge in [-0.05, 0) is 31.2 Å². The number of anilines is 1. The smallest absolute Gasteiger partial charge is 0.241 e. The van der Waals surface area contributed by atoms with Crippen LogP contribution in [0.2, 0.25) is 0 Å². The van der Waals surface area contributed by atoms with Gasteiger partial charge in [-0.15, -0.1) is 11.8 Å². The number of hydrogen-bond acceptors (Lipinski definition) is 3. The number of nitrogens with zero attached hydrogens (tertiary/aromatic N) is 1. The summed E-state index contributed by atoms with van der Waals surface area (Å²) < 4.78 is 0. The van der Waals surface area contributed by atoms with Gasteiger partial charge in [0.25, 0.3) is 0 Å². The maximum absolute atomic E-state index is 11.9. The molecular weight excluding hydrogens is 232 g/mol. The molecule has 1 aliphatic heterocycles. The van der Waals surface area contributed by atoms with E-state index in [2.05, 4.69) is 11.4 Å². The van der Waals surface area contributed by atoms with E-state index < -0.39 is 0 Å². The predicted octanol–water partition coefficient (Wildman–Crippen LogP) is 2.44. The Hall–Kier alpha value is -1.16. The third-order valence-electron chi connectivity index (χ3n) is 3.00. The Labute approximate surface area is 107 Å².